The molecule has 0 saturated carbocycles. The zero-order valence-electron chi connectivity index (χ0n) is 6.36. The normalized spacial score (nSPS) is 10.3. The monoisotopic (exact) mass is 160 g/mol. The maximum absolute atomic E-state index is 9.25. The number of nitrogen functional groups attached to an aromatic ring is 1. The molecule has 1 aromatic carbocycles. The Morgan fingerprint density at radius 1 is 1.33 bits per heavy atom. The van der Waals surface area contributed by atoms with Gasteiger partial charge in [0.25, 0.3) is 0 Å². The van der Waals surface area contributed by atoms with Crippen molar-refractivity contribution in [2.75, 3.05) is 5.73 Å². The first-order valence-corrected chi connectivity index (χ1v) is 3.60. The van der Waals surface area contributed by atoms with E-state index in [1.54, 1.807) is 18.3 Å². The van der Waals surface area contributed by atoms with Crippen LogP contribution in [0.4, 0.5) is 5.69 Å². The molecule has 2 aromatic rings. The van der Waals surface area contributed by atoms with Crippen LogP contribution in [0.3, 0.4) is 0 Å². The van der Waals surface area contributed by atoms with Crippen molar-refractivity contribution in [1.82, 2.24) is 4.98 Å². The molecule has 1 heterocycles. The Balaban J connectivity index is 2.84. The Hall–Kier alpha value is -1.77. The van der Waals surface area contributed by atoms with Gasteiger partial charge in [-0.25, -0.2) is 0 Å². The summed E-state index contributed by atoms with van der Waals surface area (Å²) in [7, 11) is 0. The van der Waals surface area contributed by atoms with Crippen molar-refractivity contribution < 1.29 is 5.11 Å². The first-order chi connectivity index (χ1) is 5.77. The van der Waals surface area contributed by atoms with E-state index in [9.17, 15) is 5.11 Å². The lowest BCUT2D eigenvalue weighted by Crippen LogP contribution is -1.86. The van der Waals surface area contributed by atoms with Gasteiger partial charge in [-0.15, -0.1) is 0 Å². The summed E-state index contributed by atoms with van der Waals surface area (Å²) in [5, 5.41) is 10.2. The number of pyridine rings is 1. The smallest absolute Gasteiger partial charge is 0.140 e. The lowest BCUT2D eigenvalue weighted by Gasteiger charge is -2.00. The van der Waals surface area contributed by atoms with Crippen LogP contribution in [0.2, 0.25) is 0 Å². The Labute approximate surface area is 69.5 Å². The van der Waals surface area contributed by atoms with Crippen LogP contribution < -0.4 is 5.73 Å². The van der Waals surface area contributed by atoms with E-state index in [-0.39, 0.29) is 5.75 Å². The number of aromatic nitrogens is 1. The number of phenolic OH excluding ortho intramolecular Hbond substituents is 1. The lowest BCUT2D eigenvalue weighted by atomic mass is 10.2. The summed E-state index contributed by atoms with van der Waals surface area (Å²) in [6, 6.07) is 7.00. The van der Waals surface area contributed by atoms with Crippen LogP contribution in [0.5, 0.6) is 5.75 Å². The van der Waals surface area contributed by atoms with Gasteiger partial charge in [-0.05, 0) is 12.1 Å². The lowest BCUT2D eigenvalue weighted by molar-refractivity contribution is 0.478. The Kier molecular flexibility index (Phi) is 1.37. The quantitative estimate of drug-likeness (QED) is 0.453. The summed E-state index contributed by atoms with van der Waals surface area (Å²) in [5.41, 5.74) is 6.65. The molecule has 60 valence electrons. The van der Waals surface area contributed by atoms with Gasteiger partial charge < -0.3 is 10.8 Å². The van der Waals surface area contributed by atoms with Gasteiger partial charge in [0.05, 0.1) is 11.2 Å². The first kappa shape index (κ1) is 6.91. The van der Waals surface area contributed by atoms with Crippen molar-refractivity contribution in [1.29, 1.82) is 0 Å². The number of fused-ring (bicyclic) bond motifs is 1. The summed E-state index contributed by atoms with van der Waals surface area (Å²) in [6.07, 6.45) is 1.68. The molecule has 0 saturated heterocycles. The minimum Gasteiger partial charge on any atom is -0.506 e. The Morgan fingerprint density at radius 3 is 3.00 bits per heavy atom. The molecule has 0 spiro atoms. The minimum absolute atomic E-state index is 0.0844. The second-order valence-electron chi connectivity index (χ2n) is 2.61. The first-order valence-electron chi connectivity index (χ1n) is 3.60. The van der Waals surface area contributed by atoms with Gasteiger partial charge in [0.2, 0.25) is 0 Å². The van der Waals surface area contributed by atoms with Crippen molar-refractivity contribution in [2.45, 2.75) is 0 Å². The third-order valence-electron chi connectivity index (χ3n) is 1.75. The highest BCUT2D eigenvalue weighted by Gasteiger charge is 1.99. The van der Waals surface area contributed by atoms with Gasteiger partial charge in [-0.3, -0.25) is 4.98 Å². The number of hydrogen-bond acceptors (Lipinski definition) is 3. The number of nitrogens with two attached hydrogens (primary N) is 1. The second kappa shape index (κ2) is 2.37. The molecule has 0 aliphatic heterocycles. The van der Waals surface area contributed by atoms with Crippen molar-refractivity contribution in [3.8, 4) is 5.75 Å². The standard InChI is InChI=1S/C9H8N2O/c10-7-4-6-2-1-3-11-8(6)5-9(7)12/h1-5,12H,10H2. The summed E-state index contributed by atoms with van der Waals surface area (Å²) in [5.74, 6) is 0.0844. The molecular formula is C9H8N2O. The highest BCUT2D eigenvalue weighted by atomic mass is 16.3. The molecule has 3 heteroatoms. The van der Waals surface area contributed by atoms with Gasteiger partial charge in [-0.1, -0.05) is 6.07 Å². The third-order valence-corrected chi connectivity index (χ3v) is 1.75. The van der Waals surface area contributed by atoms with Gasteiger partial charge in [0.15, 0.2) is 0 Å². The molecule has 12 heavy (non-hydrogen) atoms. The van der Waals surface area contributed by atoms with E-state index in [1.807, 2.05) is 12.1 Å². The van der Waals surface area contributed by atoms with Crippen LogP contribution in [0.15, 0.2) is 30.5 Å². The SMILES string of the molecule is Nc1cc2cccnc2cc1O. The zero-order chi connectivity index (χ0) is 8.55. The average Bonchev–Trinajstić information content (AvgIpc) is 2.07. The fourth-order valence-corrected chi connectivity index (χ4v) is 1.13. The van der Waals surface area contributed by atoms with E-state index in [0.29, 0.717) is 5.69 Å². The third kappa shape index (κ3) is 0.955. The molecule has 1 aromatic heterocycles. The maximum atomic E-state index is 9.25. The molecule has 0 bridgehead atoms. The highest BCUT2D eigenvalue weighted by Crippen LogP contribution is 2.24. The minimum atomic E-state index is 0.0844. The van der Waals surface area contributed by atoms with E-state index < -0.39 is 0 Å². The van der Waals surface area contributed by atoms with Crippen molar-refractivity contribution >= 4 is 16.6 Å². The van der Waals surface area contributed by atoms with Gasteiger partial charge in [0, 0.05) is 17.6 Å². The van der Waals surface area contributed by atoms with Gasteiger partial charge in [0.1, 0.15) is 5.75 Å². The van der Waals surface area contributed by atoms with E-state index in [1.165, 1.54) is 0 Å². The van der Waals surface area contributed by atoms with Gasteiger partial charge in [-0.2, -0.15) is 0 Å². The topological polar surface area (TPSA) is 59.1 Å². The molecule has 3 nitrogen and oxygen atoms in total. The number of hydrogen-bond donors (Lipinski definition) is 2. The average molecular weight is 160 g/mol. The molecular weight excluding hydrogens is 152 g/mol. The highest BCUT2D eigenvalue weighted by molar-refractivity contribution is 5.84. The maximum Gasteiger partial charge on any atom is 0.140 e. The summed E-state index contributed by atoms with van der Waals surface area (Å²) in [4.78, 5) is 4.07. The number of aromatic hydroxyl groups is 1. The molecule has 2 rings (SSSR count). The number of nitrogens with zero attached hydrogens (tertiary/aromatic N) is 1. The zero-order valence-corrected chi connectivity index (χ0v) is 6.36. The van der Waals surface area contributed by atoms with Gasteiger partial charge >= 0.3 is 0 Å². The molecule has 0 atom stereocenters. The van der Waals surface area contributed by atoms with E-state index in [4.69, 9.17) is 5.73 Å². The van der Waals surface area contributed by atoms with Crippen LogP contribution in [0.1, 0.15) is 0 Å². The van der Waals surface area contributed by atoms with Crippen LogP contribution in [0.25, 0.3) is 10.9 Å². The van der Waals surface area contributed by atoms with E-state index in [0.717, 1.165) is 10.9 Å². The molecule has 0 amide bonds. The van der Waals surface area contributed by atoms with Crippen molar-refractivity contribution in [2.24, 2.45) is 0 Å². The summed E-state index contributed by atoms with van der Waals surface area (Å²) < 4.78 is 0. The molecule has 0 unspecified atom stereocenters. The summed E-state index contributed by atoms with van der Waals surface area (Å²) in [6.45, 7) is 0. The van der Waals surface area contributed by atoms with E-state index >= 15 is 0 Å². The fourth-order valence-electron chi connectivity index (χ4n) is 1.13. The molecule has 0 fully saturated rings. The largest absolute Gasteiger partial charge is 0.506 e. The van der Waals surface area contributed by atoms with E-state index in [2.05, 4.69) is 4.98 Å². The van der Waals surface area contributed by atoms with Crippen molar-refractivity contribution in [3.05, 3.63) is 30.5 Å². The second-order valence-corrected chi connectivity index (χ2v) is 2.61. The predicted octanol–water partition coefficient (Wildman–Crippen LogP) is 1.52. The van der Waals surface area contributed by atoms with Crippen LogP contribution in [-0.2, 0) is 0 Å². The fraction of sp³-hybridized carbons (Fsp3) is 0. The van der Waals surface area contributed by atoms with Crippen LogP contribution >= 0.6 is 0 Å². The Bertz CT molecular complexity index is 385. The number of anilines is 1. The molecule has 0 aliphatic carbocycles. The van der Waals surface area contributed by atoms with Crippen LogP contribution in [0, 0.1) is 0 Å². The number of phenols is 1. The summed E-state index contributed by atoms with van der Waals surface area (Å²) >= 11 is 0. The van der Waals surface area contributed by atoms with Crippen LogP contribution in [-0.4, -0.2) is 10.1 Å². The molecule has 0 radical (unpaired) electrons. The molecule has 0 aliphatic rings. The number of benzene rings is 1. The predicted molar refractivity (Wildman–Crippen MR) is 47.8 cm³/mol. The number of rotatable bonds is 0. The van der Waals surface area contributed by atoms with Crippen molar-refractivity contribution in [3.63, 3.8) is 0 Å². The Morgan fingerprint density at radius 2 is 2.17 bits per heavy atom. The molecule has 3 N–H and O–H groups in total.